The Hall–Kier alpha value is -2.91. The molecule has 0 N–H and O–H groups in total. The Bertz CT molecular complexity index is 968. The average Bonchev–Trinajstić information content (AvgIpc) is 3.11. The number of hydrogen-bond donors (Lipinski definition) is 0. The van der Waals surface area contributed by atoms with Crippen LogP contribution in [0, 0.1) is 6.92 Å². The van der Waals surface area contributed by atoms with Crippen LogP contribution in [0.2, 0.25) is 0 Å². The number of carbonyl (C=O) groups is 1. The maximum absolute atomic E-state index is 12.2. The molecule has 0 unspecified atom stereocenters. The van der Waals surface area contributed by atoms with Crippen molar-refractivity contribution in [1.82, 2.24) is 9.38 Å². The molecule has 4 aromatic rings. The van der Waals surface area contributed by atoms with Crippen LogP contribution in [0.1, 0.15) is 16.1 Å². The molecular formula is C22H19ClN2O. The number of rotatable bonds is 3. The average molecular weight is 363 g/mol. The Labute approximate surface area is 157 Å². The third-order valence-electron chi connectivity index (χ3n) is 4.06. The van der Waals surface area contributed by atoms with E-state index in [9.17, 15) is 4.79 Å². The van der Waals surface area contributed by atoms with Gasteiger partial charge in [-0.25, -0.2) is 0 Å². The summed E-state index contributed by atoms with van der Waals surface area (Å²) in [6.07, 6.45) is 5.41. The summed E-state index contributed by atoms with van der Waals surface area (Å²) in [7, 11) is 0. The maximum Gasteiger partial charge on any atom is 0.194 e. The number of hydrogen-bond acceptors (Lipinski definition) is 2. The van der Waals surface area contributed by atoms with Crippen LogP contribution in [0.25, 0.3) is 16.6 Å². The van der Waals surface area contributed by atoms with Gasteiger partial charge in [0, 0.05) is 29.7 Å². The number of benzene rings is 1. The minimum Gasteiger partial charge on any atom is -0.313 e. The van der Waals surface area contributed by atoms with Crippen LogP contribution in [0.5, 0.6) is 0 Å². The molecule has 1 aromatic carbocycles. The van der Waals surface area contributed by atoms with Gasteiger partial charge in [-0.1, -0.05) is 42.5 Å². The predicted molar refractivity (Wildman–Crippen MR) is 107 cm³/mol. The van der Waals surface area contributed by atoms with Gasteiger partial charge in [-0.05, 0) is 42.3 Å². The summed E-state index contributed by atoms with van der Waals surface area (Å²) in [5.74, 6) is -0.0731. The highest BCUT2D eigenvalue weighted by Crippen LogP contribution is 2.29. The van der Waals surface area contributed by atoms with Crippen LogP contribution in [0.3, 0.4) is 0 Å². The summed E-state index contributed by atoms with van der Waals surface area (Å²) < 4.78 is 1.93. The summed E-state index contributed by atoms with van der Waals surface area (Å²) >= 11 is 5.78. The number of fused-ring (bicyclic) bond motifs is 1. The van der Waals surface area contributed by atoms with Crippen LogP contribution in [-0.2, 0) is 0 Å². The Morgan fingerprint density at radius 2 is 1.69 bits per heavy atom. The van der Waals surface area contributed by atoms with Crippen LogP contribution in [0.4, 0.5) is 0 Å². The minimum atomic E-state index is -0.0591. The highest BCUT2D eigenvalue weighted by Gasteiger charge is 2.18. The van der Waals surface area contributed by atoms with Gasteiger partial charge in [-0.2, -0.15) is 0 Å². The number of pyridine rings is 2. The van der Waals surface area contributed by atoms with Gasteiger partial charge in [-0.15, -0.1) is 11.6 Å². The zero-order valence-corrected chi connectivity index (χ0v) is 15.2. The van der Waals surface area contributed by atoms with E-state index in [1.165, 1.54) is 0 Å². The van der Waals surface area contributed by atoms with Crippen molar-refractivity contribution in [1.29, 1.82) is 0 Å². The van der Waals surface area contributed by atoms with E-state index in [0.29, 0.717) is 5.69 Å². The molecule has 4 heteroatoms. The first-order chi connectivity index (χ1) is 12.7. The molecule has 0 bridgehead atoms. The highest BCUT2D eigenvalue weighted by atomic mass is 35.5. The molecule has 26 heavy (non-hydrogen) atoms. The Balaban J connectivity index is 0.000000278. The molecular weight excluding hydrogens is 344 g/mol. The zero-order valence-electron chi connectivity index (χ0n) is 14.5. The van der Waals surface area contributed by atoms with Gasteiger partial charge in [-0.3, -0.25) is 9.78 Å². The van der Waals surface area contributed by atoms with Gasteiger partial charge in [0.1, 0.15) is 0 Å². The quantitative estimate of drug-likeness (QED) is 0.360. The van der Waals surface area contributed by atoms with E-state index in [4.69, 9.17) is 11.6 Å². The van der Waals surface area contributed by atoms with Crippen molar-refractivity contribution in [3.05, 3.63) is 96.6 Å². The molecule has 4 rings (SSSR count). The van der Waals surface area contributed by atoms with Crippen LogP contribution in [-0.4, -0.2) is 21.0 Å². The van der Waals surface area contributed by atoms with Crippen molar-refractivity contribution in [2.24, 2.45) is 0 Å². The summed E-state index contributed by atoms with van der Waals surface area (Å²) in [4.78, 5) is 16.0. The van der Waals surface area contributed by atoms with Crippen molar-refractivity contribution >= 4 is 22.9 Å². The smallest absolute Gasteiger partial charge is 0.194 e. The fourth-order valence-electron chi connectivity index (χ4n) is 2.84. The first-order valence-corrected chi connectivity index (χ1v) is 8.86. The number of halogens is 1. The van der Waals surface area contributed by atoms with Gasteiger partial charge in [0.2, 0.25) is 0 Å². The lowest BCUT2D eigenvalue weighted by molar-refractivity contribution is 0.101. The molecule has 0 aliphatic rings. The number of alkyl halides is 1. The predicted octanol–water partition coefficient (Wildman–Crippen LogP) is 5.42. The van der Waals surface area contributed by atoms with Gasteiger partial charge in [0.15, 0.2) is 5.78 Å². The molecule has 0 atom stereocenters. The van der Waals surface area contributed by atoms with E-state index in [0.717, 1.165) is 22.2 Å². The third kappa shape index (κ3) is 3.84. The third-order valence-corrected chi connectivity index (χ3v) is 4.30. The molecule has 130 valence electrons. The van der Waals surface area contributed by atoms with Crippen molar-refractivity contribution in [2.45, 2.75) is 6.92 Å². The SMILES string of the molecule is Cc1cccn2c(C(=O)CCl)c(-c3ccccc3)cc12.c1ccncc1. The number of aryl methyl sites for hydroxylation is 1. The van der Waals surface area contributed by atoms with E-state index in [-0.39, 0.29) is 11.7 Å². The Kier molecular flexibility index (Phi) is 5.82. The standard InChI is InChI=1S/C17H14ClNO.C5H5N/c1-12-6-5-9-19-15(12)10-14(17(19)16(20)11-18)13-7-3-2-4-8-13;1-2-4-6-5-3-1/h2-10H,11H2,1H3;1-5H. The lowest BCUT2D eigenvalue weighted by Crippen LogP contribution is -2.06. The highest BCUT2D eigenvalue weighted by molar-refractivity contribution is 6.31. The van der Waals surface area contributed by atoms with E-state index < -0.39 is 0 Å². The molecule has 0 radical (unpaired) electrons. The molecule has 3 heterocycles. The molecule has 3 nitrogen and oxygen atoms in total. The molecule has 0 spiro atoms. The van der Waals surface area contributed by atoms with Crippen molar-refractivity contribution in [2.75, 3.05) is 5.88 Å². The van der Waals surface area contributed by atoms with E-state index >= 15 is 0 Å². The first kappa shape index (κ1) is 17.9. The van der Waals surface area contributed by atoms with E-state index in [2.05, 4.69) is 11.1 Å². The van der Waals surface area contributed by atoms with Gasteiger partial charge in [0.25, 0.3) is 0 Å². The van der Waals surface area contributed by atoms with Crippen LogP contribution in [0.15, 0.2) is 85.3 Å². The fourth-order valence-corrected chi connectivity index (χ4v) is 2.97. The van der Waals surface area contributed by atoms with Crippen molar-refractivity contribution in [3.63, 3.8) is 0 Å². The van der Waals surface area contributed by atoms with Gasteiger partial charge >= 0.3 is 0 Å². The number of ketones is 1. The van der Waals surface area contributed by atoms with Crippen molar-refractivity contribution in [3.8, 4) is 11.1 Å². The summed E-state index contributed by atoms with van der Waals surface area (Å²) in [6.45, 7) is 2.04. The minimum absolute atomic E-state index is 0.0140. The molecule has 3 aromatic heterocycles. The molecule has 0 aliphatic carbocycles. The second kappa shape index (κ2) is 8.45. The van der Waals surface area contributed by atoms with E-state index in [1.807, 2.05) is 78.2 Å². The topological polar surface area (TPSA) is 34.4 Å². The zero-order chi connectivity index (χ0) is 18.4. The molecule has 0 aliphatic heterocycles. The Morgan fingerprint density at radius 1 is 1.00 bits per heavy atom. The normalized spacial score (nSPS) is 10.2. The molecule has 0 saturated carbocycles. The second-order valence-corrected chi connectivity index (χ2v) is 6.07. The summed E-state index contributed by atoms with van der Waals surface area (Å²) in [5, 5.41) is 0. The molecule has 0 fully saturated rings. The number of nitrogens with zero attached hydrogens (tertiary/aromatic N) is 2. The van der Waals surface area contributed by atoms with Crippen LogP contribution < -0.4 is 0 Å². The van der Waals surface area contributed by atoms with Gasteiger partial charge < -0.3 is 4.40 Å². The largest absolute Gasteiger partial charge is 0.313 e. The molecule has 0 amide bonds. The van der Waals surface area contributed by atoms with Crippen LogP contribution >= 0.6 is 11.6 Å². The van der Waals surface area contributed by atoms with Gasteiger partial charge in [0.05, 0.1) is 11.6 Å². The lowest BCUT2D eigenvalue weighted by Gasteiger charge is -2.05. The fraction of sp³-hybridized carbons (Fsp3) is 0.0909. The Morgan fingerprint density at radius 3 is 2.27 bits per heavy atom. The van der Waals surface area contributed by atoms with Crippen molar-refractivity contribution < 1.29 is 4.79 Å². The molecule has 0 saturated heterocycles. The first-order valence-electron chi connectivity index (χ1n) is 8.32. The monoisotopic (exact) mass is 362 g/mol. The summed E-state index contributed by atoms with van der Waals surface area (Å²) in [6, 6.07) is 21.7. The lowest BCUT2D eigenvalue weighted by atomic mass is 10.0. The number of aromatic nitrogens is 2. The number of carbonyl (C=O) groups excluding carboxylic acids is 1. The second-order valence-electron chi connectivity index (χ2n) is 5.80. The van der Waals surface area contributed by atoms with E-state index in [1.54, 1.807) is 12.4 Å². The summed E-state index contributed by atoms with van der Waals surface area (Å²) in [5.41, 5.74) is 4.80. The number of Topliss-reactive ketones (excluding diaryl/α,β-unsaturated/α-hetero) is 1. The maximum atomic E-state index is 12.2.